The maximum absolute atomic E-state index is 12.0. The summed E-state index contributed by atoms with van der Waals surface area (Å²) in [6.07, 6.45) is 1.57. The Balaban J connectivity index is 1.53. The van der Waals surface area contributed by atoms with Gasteiger partial charge in [0.25, 0.3) is 0 Å². The highest BCUT2D eigenvalue weighted by Gasteiger charge is 2.06. The number of anilines is 2. The molecule has 10 nitrogen and oxygen atoms in total. The number of ether oxygens (including phenoxy) is 2. The van der Waals surface area contributed by atoms with Crippen LogP contribution in [0, 0.1) is 0 Å². The summed E-state index contributed by atoms with van der Waals surface area (Å²) in [5.41, 5.74) is 11.9. The van der Waals surface area contributed by atoms with E-state index in [4.69, 9.17) is 33.9 Å². The van der Waals surface area contributed by atoms with Crippen LogP contribution in [0.3, 0.4) is 0 Å². The minimum absolute atomic E-state index is 0.231. The van der Waals surface area contributed by atoms with Crippen LogP contribution in [-0.2, 0) is 9.59 Å². The van der Waals surface area contributed by atoms with Gasteiger partial charge in [0, 0.05) is 24.2 Å². The van der Waals surface area contributed by atoms with Crippen LogP contribution in [0.25, 0.3) is 0 Å². The number of unbranched alkanes of at least 4 members (excludes halogenated alkanes) is 1. The molecule has 6 N–H and O–H groups in total. The van der Waals surface area contributed by atoms with Crippen LogP contribution in [-0.4, -0.2) is 35.3 Å². The number of benzene rings is 2. The van der Waals surface area contributed by atoms with E-state index in [-0.39, 0.29) is 34.9 Å². The molecule has 0 atom stereocenters. The van der Waals surface area contributed by atoms with E-state index in [9.17, 15) is 9.59 Å². The van der Waals surface area contributed by atoms with Crippen molar-refractivity contribution in [3.63, 3.8) is 0 Å². The zero-order valence-electron chi connectivity index (χ0n) is 20.3. The molecular weight excluding hydrogens is 500 g/mol. The zero-order chi connectivity index (χ0) is 26.2. The van der Waals surface area contributed by atoms with Crippen LogP contribution < -0.4 is 41.8 Å². The number of hydrazine groups is 2. The minimum atomic E-state index is -0.231. The largest absolute Gasteiger partial charge is 0.494 e. The van der Waals surface area contributed by atoms with Crippen LogP contribution in [0.1, 0.15) is 39.5 Å². The second-order valence-electron chi connectivity index (χ2n) is 7.38. The predicted octanol–water partition coefficient (Wildman–Crippen LogP) is 3.38. The quantitative estimate of drug-likeness (QED) is 0.146. The van der Waals surface area contributed by atoms with E-state index < -0.39 is 0 Å². The van der Waals surface area contributed by atoms with Crippen molar-refractivity contribution in [1.82, 2.24) is 21.7 Å². The van der Waals surface area contributed by atoms with E-state index >= 15 is 0 Å². The Bertz CT molecular complexity index is 921. The van der Waals surface area contributed by atoms with Crippen LogP contribution in [0.5, 0.6) is 11.5 Å². The summed E-state index contributed by atoms with van der Waals surface area (Å²) in [4.78, 5) is 24.0. The number of carbonyl (C=O) groups is 2. The fourth-order valence-corrected chi connectivity index (χ4v) is 3.21. The van der Waals surface area contributed by atoms with Gasteiger partial charge in [-0.1, -0.05) is 0 Å². The van der Waals surface area contributed by atoms with Gasteiger partial charge in [0.1, 0.15) is 11.5 Å². The first kappa shape index (κ1) is 28.6. The van der Waals surface area contributed by atoms with Crippen molar-refractivity contribution in [2.24, 2.45) is 0 Å². The van der Waals surface area contributed by atoms with Gasteiger partial charge in [0.15, 0.2) is 10.2 Å². The smallest absolute Gasteiger partial charge is 0.238 e. The van der Waals surface area contributed by atoms with Crippen molar-refractivity contribution in [3.05, 3.63) is 48.5 Å². The highest BCUT2D eigenvalue weighted by molar-refractivity contribution is 7.80. The van der Waals surface area contributed by atoms with Gasteiger partial charge in [0.2, 0.25) is 11.8 Å². The lowest BCUT2D eigenvalue weighted by Gasteiger charge is -2.13. The maximum Gasteiger partial charge on any atom is 0.238 e. The number of rotatable bonds is 11. The summed E-state index contributed by atoms with van der Waals surface area (Å²) in [5, 5.41) is 6.44. The molecule has 2 rings (SSSR count). The molecule has 0 bridgehead atoms. The summed E-state index contributed by atoms with van der Waals surface area (Å²) >= 11 is 10.3. The summed E-state index contributed by atoms with van der Waals surface area (Å²) in [5.74, 6) is 1.07. The molecule has 0 spiro atoms. The lowest BCUT2D eigenvalue weighted by atomic mass is 10.2. The SMILES string of the molecule is CCOc1ccc(NC(=S)NNC(=O)CCCCC(=O)NNC(=S)Nc2ccc(OCC)cc2)cc1. The fraction of sp³-hybridized carbons (Fsp3) is 0.333. The van der Waals surface area contributed by atoms with Crippen molar-refractivity contribution in [2.75, 3.05) is 23.8 Å². The first-order valence-corrected chi connectivity index (χ1v) is 12.4. The first-order chi connectivity index (χ1) is 17.4. The van der Waals surface area contributed by atoms with Gasteiger partial charge in [0.05, 0.1) is 13.2 Å². The van der Waals surface area contributed by atoms with Gasteiger partial charge >= 0.3 is 0 Å². The Hall–Kier alpha value is -3.64. The Morgan fingerprint density at radius 2 is 1.00 bits per heavy atom. The van der Waals surface area contributed by atoms with Gasteiger partial charge in [-0.05, 0) is 99.7 Å². The average molecular weight is 533 g/mol. The van der Waals surface area contributed by atoms with E-state index in [1.807, 2.05) is 62.4 Å². The summed E-state index contributed by atoms with van der Waals surface area (Å²) in [6.45, 7) is 5.02. The summed E-state index contributed by atoms with van der Waals surface area (Å²) in [7, 11) is 0. The zero-order valence-corrected chi connectivity index (χ0v) is 21.9. The Morgan fingerprint density at radius 1 is 0.639 bits per heavy atom. The van der Waals surface area contributed by atoms with Gasteiger partial charge < -0.3 is 20.1 Å². The Labute approximate surface area is 221 Å². The van der Waals surface area contributed by atoms with Crippen LogP contribution >= 0.6 is 24.4 Å². The monoisotopic (exact) mass is 532 g/mol. The third kappa shape index (κ3) is 11.7. The molecule has 0 aliphatic rings. The molecule has 2 aromatic carbocycles. The normalized spacial score (nSPS) is 9.94. The third-order valence-corrected chi connectivity index (χ3v) is 4.94. The number of thiocarbonyl (C=S) groups is 2. The van der Waals surface area contributed by atoms with Crippen LogP contribution in [0.4, 0.5) is 11.4 Å². The van der Waals surface area contributed by atoms with E-state index in [1.54, 1.807) is 0 Å². The average Bonchev–Trinajstić information content (AvgIpc) is 2.87. The minimum Gasteiger partial charge on any atom is -0.494 e. The Kier molecular flexibility index (Phi) is 12.8. The molecule has 0 aliphatic carbocycles. The van der Waals surface area contributed by atoms with Crippen LogP contribution in [0.15, 0.2) is 48.5 Å². The number of hydrogen-bond donors (Lipinski definition) is 6. The van der Waals surface area contributed by atoms with Crippen molar-refractivity contribution in [1.29, 1.82) is 0 Å². The molecule has 0 saturated heterocycles. The molecule has 12 heteroatoms. The van der Waals surface area contributed by atoms with E-state index in [0.29, 0.717) is 26.1 Å². The molecule has 0 aromatic heterocycles. The van der Waals surface area contributed by atoms with Crippen molar-refractivity contribution in [2.45, 2.75) is 39.5 Å². The van der Waals surface area contributed by atoms with Crippen molar-refractivity contribution >= 4 is 57.8 Å². The number of carbonyl (C=O) groups excluding carboxylic acids is 2. The van der Waals surface area contributed by atoms with Gasteiger partial charge in [-0.15, -0.1) is 0 Å². The van der Waals surface area contributed by atoms with Gasteiger partial charge in [-0.3, -0.25) is 31.3 Å². The number of hydrogen-bond acceptors (Lipinski definition) is 6. The van der Waals surface area contributed by atoms with Crippen molar-refractivity contribution in [3.8, 4) is 11.5 Å². The second kappa shape index (κ2) is 16.1. The van der Waals surface area contributed by atoms with Crippen LogP contribution in [0.2, 0.25) is 0 Å². The first-order valence-electron chi connectivity index (χ1n) is 11.6. The highest BCUT2D eigenvalue weighted by atomic mass is 32.1. The molecule has 2 amide bonds. The molecule has 0 unspecified atom stereocenters. The van der Waals surface area contributed by atoms with E-state index in [0.717, 1.165) is 22.9 Å². The standard InChI is InChI=1S/C24H32N6O4S2/c1-3-33-19-13-9-17(10-14-19)25-23(35)29-27-21(31)7-5-6-8-22(32)28-30-24(36)26-18-11-15-20(16-12-18)34-4-2/h9-16H,3-8H2,1-2H3,(H,27,31)(H,28,32)(H2,25,29,35)(H2,26,30,36). The molecule has 194 valence electrons. The molecule has 0 radical (unpaired) electrons. The highest BCUT2D eigenvalue weighted by Crippen LogP contribution is 2.16. The lowest BCUT2D eigenvalue weighted by Crippen LogP contribution is -2.44. The number of nitrogens with one attached hydrogen (secondary N) is 6. The molecule has 2 aromatic rings. The predicted molar refractivity (Wildman–Crippen MR) is 149 cm³/mol. The second-order valence-corrected chi connectivity index (χ2v) is 8.19. The lowest BCUT2D eigenvalue weighted by molar-refractivity contribution is -0.123. The topological polar surface area (TPSA) is 125 Å². The Morgan fingerprint density at radius 3 is 1.33 bits per heavy atom. The molecule has 0 aliphatic heterocycles. The molecule has 0 fully saturated rings. The summed E-state index contributed by atoms with van der Waals surface area (Å²) in [6, 6.07) is 14.6. The van der Waals surface area contributed by atoms with Gasteiger partial charge in [-0.2, -0.15) is 0 Å². The molecular formula is C24H32N6O4S2. The molecule has 0 saturated carbocycles. The fourth-order valence-electron chi connectivity index (χ4n) is 2.88. The molecule has 0 heterocycles. The summed E-state index contributed by atoms with van der Waals surface area (Å²) < 4.78 is 10.8. The third-order valence-electron chi connectivity index (χ3n) is 4.53. The van der Waals surface area contributed by atoms with E-state index in [2.05, 4.69) is 32.3 Å². The maximum atomic E-state index is 12.0. The molecule has 36 heavy (non-hydrogen) atoms. The van der Waals surface area contributed by atoms with E-state index in [1.165, 1.54) is 0 Å². The van der Waals surface area contributed by atoms with Crippen molar-refractivity contribution < 1.29 is 19.1 Å². The van der Waals surface area contributed by atoms with Gasteiger partial charge in [-0.25, -0.2) is 0 Å². The number of amides is 2.